The van der Waals surface area contributed by atoms with E-state index in [-0.39, 0.29) is 6.42 Å². The summed E-state index contributed by atoms with van der Waals surface area (Å²) in [5.74, 6) is -0.882. The van der Waals surface area contributed by atoms with E-state index in [1.54, 1.807) is 20.8 Å². The number of hydrogen-bond acceptors (Lipinski definition) is 4. The van der Waals surface area contributed by atoms with E-state index in [0.717, 1.165) is 5.57 Å². The van der Waals surface area contributed by atoms with Gasteiger partial charge in [0.05, 0.1) is 20.1 Å². The molecule has 4 nitrogen and oxygen atoms in total. The van der Waals surface area contributed by atoms with E-state index in [4.69, 9.17) is 4.74 Å². The Labute approximate surface area is 83.9 Å². The molecular weight excluding hydrogens is 184 g/mol. The van der Waals surface area contributed by atoms with Crippen LogP contribution in [0.4, 0.5) is 0 Å². The van der Waals surface area contributed by atoms with Gasteiger partial charge in [0.15, 0.2) is 0 Å². The van der Waals surface area contributed by atoms with E-state index in [9.17, 15) is 9.59 Å². The predicted octanol–water partition coefficient (Wildman–Crippen LogP) is 1.45. The SMILES string of the molecule is CCOC(=O)C(CC(=O)OC)=C(C)C. The first kappa shape index (κ1) is 12.7. The number of ether oxygens (including phenoxy) is 2. The van der Waals surface area contributed by atoms with Gasteiger partial charge in [0.2, 0.25) is 0 Å². The van der Waals surface area contributed by atoms with Gasteiger partial charge in [-0.05, 0) is 20.8 Å². The largest absolute Gasteiger partial charge is 0.469 e. The smallest absolute Gasteiger partial charge is 0.334 e. The maximum atomic E-state index is 11.3. The van der Waals surface area contributed by atoms with Crippen molar-refractivity contribution in [2.45, 2.75) is 27.2 Å². The van der Waals surface area contributed by atoms with Crippen LogP contribution in [0.1, 0.15) is 27.2 Å². The number of esters is 2. The summed E-state index contributed by atoms with van der Waals surface area (Å²) < 4.78 is 9.28. The monoisotopic (exact) mass is 200 g/mol. The normalized spacial score (nSPS) is 9.14. The number of methoxy groups -OCH3 is 1. The third kappa shape index (κ3) is 4.07. The molecule has 0 aromatic heterocycles. The second-order valence-corrected chi connectivity index (χ2v) is 2.95. The van der Waals surface area contributed by atoms with Crippen LogP contribution in [0.5, 0.6) is 0 Å². The Hall–Kier alpha value is -1.32. The summed E-state index contributed by atoms with van der Waals surface area (Å²) in [6.45, 7) is 5.54. The zero-order chi connectivity index (χ0) is 11.1. The van der Waals surface area contributed by atoms with Gasteiger partial charge in [0.25, 0.3) is 0 Å². The lowest BCUT2D eigenvalue weighted by atomic mass is 10.1. The molecule has 14 heavy (non-hydrogen) atoms. The molecule has 0 unspecified atom stereocenters. The van der Waals surface area contributed by atoms with Crippen LogP contribution in [0.25, 0.3) is 0 Å². The number of rotatable bonds is 4. The third-order valence-corrected chi connectivity index (χ3v) is 1.67. The predicted molar refractivity (Wildman–Crippen MR) is 51.6 cm³/mol. The van der Waals surface area contributed by atoms with Gasteiger partial charge in [-0.1, -0.05) is 5.57 Å². The van der Waals surface area contributed by atoms with Crippen LogP contribution in [-0.2, 0) is 19.1 Å². The highest BCUT2D eigenvalue weighted by Gasteiger charge is 2.16. The molecule has 0 aliphatic heterocycles. The Morgan fingerprint density at radius 2 is 1.79 bits per heavy atom. The lowest BCUT2D eigenvalue weighted by molar-refractivity contribution is -0.144. The summed E-state index contributed by atoms with van der Waals surface area (Å²) in [7, 11) is 1.29. The Balaban J connectivity index is 4.56. The molecule has 0 saturated carbocycles. The number of carbonyl (C=O) groups excluding carboxylic acids is 2. The van der Waals surface area contributed by atoms with Crippen molar-refractivity contribution in [1.82, 2.24) is 0 Å². The van der Waals surface area contributed by atoms with Crippen molar-refractivity contribution < 1.29 is 19.1 Å². The average molecular weight is 200 g/mol. The van der Waals surface area contributed by atoms with E-state index in [2.05, 4.69) is 4.74 Å². The van der Waals surface area contributed by atoms with Crippen LogP contribution in [0.15, 0.2) is 11.1 Å². The maximum absolute atomic E-state index is 11.3. The molecule has 0 rings (SSSR count). The first-order chi connectivity index (χ1) is 6.52. The molecule has 0 aliphatic rings. The first-order valence-corrected chi connectivity index (χ1v) is 4.43. The fourth-order valence-electron chi connectivity index (χ4n) is 0.888. The molecule has 0 radical (unpaired) electrons. The average Bonchev–Trinajstić information content (AvgIpc) is 2.13. The highest BCUT2D eigenvalue weighted by molar-refractivity contribution is 5.94. The molecule has 0 N–H and O–H groups in total. The summed E-state index contributed by atoms with van der Waals surface area (Å²) in [5.41, 5.74) is 1.15. The molecule has 0 aromatic rings. The van der Waals surface area contributed by atoms with Crippen LogP contribution >= 0.6 is 0 Å². The van der Waals surface area contributed by atoms with Crippen molar-refractivity contribution in [1.29, 1.82) is 0 Å². The quantitative estimate of drug-likeness (QED) is 0.509. The van der Waals surface area contributed by atoms with E-state index >= 15 is 0 Å². The number of carbonyl (C=O) groups is 2. The molecule has 4 heteroatoms. The van der Waals surface area contributed by atoms with Crippen molar-refractivity contribution >= 4 is 11.9 Å². The van der Waals surface area contributed by atoms with Gasteiger partial charge in [0, 0.05) is 5.57 Å². The van der Waals surface area contributed by atoms with Crippen LogP contribution < -0.4 is 0 Å². The Bertz CT molecular complexity index is 249. The zero-order valence-corrected chi connectivity index (χ0v) is 9.05. The van der Waals surface area contributed by atoms with Gasteiger partial charge in [0.1, 0.15) is 0 Å². The molecule has 0 fully saturated rings. The summed E-state index contributed by atoms with van der Waals surface area (Å²) in [6.07, 6.45) is -0.0301. The summed E-state index contributed by atoms with van der Waals surface area (Å²) in [6, 6.07) is 0. The van der Waals surface area contributed by atoms with Gasteiger partial charge in [-0.25, -0.2) is 4.79 Å². The molecule has 0 saturated heterocycles. The second-order valence-electron chi connectivity index (χ2n) is 2.95. The Morgan fingerprint density at radius 3 is 2.14 bits per heavy atom. The standard InChI is InChI=1S/C10H16O4/c1-5-14-10(12)8(7(2)3)6-9(11)13-4/h5-6H2,1-4H3. The van der Waals surface area contributed by atoms with E-state index in [0.29, 0.717) is 12.2 Å². The zero-order valence-electron chi connectivity index (χ0n) is 9.05. The van der Waals surface area contributed by atoms with E-state index < -0.39 is 11.9 Å². The van der Waals surface area contributed by atoms with Crippen LogP contribution in [-0.4, -0.2) is 25.7 Å². The molecule has 0 atom stereocenters. The summed E-state index contributed by atoms with van der Waals surface area (Å²) in [5, 5.41) is 0. The molecule has 0 spiro atoms. The highest BCUT2D eigenvalue weighted by atomic mass is 16.5. The van der Waals surface area contributed by atoms with Crippen LogP contribution in [0, 0.1) is 0 Å². The van der Waals surface area contributed by atoms with E-state index in [1.807, 2.05) is 0 Å². The van der Waals surface area contributed by atoms with Crippen LogP contribution in [0.3, 0.4) is 0 Å². The second kappa shape index (κ2) is 6.18. The highest BCUT2D eigenvalue weighted by Crippen LogP contribution is 2.11. The van der Waals surface area contributed by atoms with Crippen molar-refractivity contribution in [2.75, 3.05) is 13.7 Å². The Kier molecular flexibility index (Phi) is 5.60. The van der Waals surface area contributed by atoms with Gasteiger partial charge in [-0.15, -0.1) is 0 Å². The maximum Gasteiger partial charge on any atom is 0.334 e. The lowest BCUT2D eigenvalue weighted by Crippen LogP contribution is -2.13. The lowest BCUT2D eigenvalue weighted by Gasteiger charge is -2.07. The summed E-state index contributed by atoms with van der Waals surface area (Å²) >= 11 is 0. The molecule has 0 aromatic carbocycles. The minimum Gasteiger partial charge on any atom is -0.469 e. The molecule has 0 bridgehead atoms. The molecule has 0 aliphatic carbocycles. The van der Waals surface area contributed by atoms with Crippen molar-refractivity contribution in [3.8, 4) is 0 Å². The molecular formula is C10H16O4. The fourth-order valence-corrected chi connectivity index (χ4v) is 0.888. The minimum atomic E-state index is -0.446. The number of allylic oxidation sites excluding steroid dienone is 1. The fraction of sp³-hybridized carbons (Fsp3) is 0.600. The van der Waals surface area contributed by atoms with E-state index in [1.165, 1.54) is 7.11 Å². The van der Waals surface area contributed by atoms with Gasteiger partial charge in [-0.2, -0.15) is 0 Å². The van der Waals surface area contributed by atoms with Crippen LogP contribution in [0.2, 0.25) is 0 Å². The minimum absolute atomic E-state index is 0.0301. The van der Waals surface area contributed by atoms with Gasteiger partial charge >= 0.3 is 11.9 Å². The van der Waals surface area contributed by atoms with Gasteiger partial charge in [-0.3, -0.25) is 4.79 Å². The molecule has 0 amide bonds. The van der Waals surface area contributed by atoms with Crippen molar-refractivity contribution in [3.63, 3.8) is 0 Å². The summed E-state index contributed by atoms with van der Waals surface area (Å²) in [4.78, 5) is 22.3. The van der Waals surface area contributed by atoms with Crippen molar-refractivity contribution in [3.05, 3.63) is 11.1 Å². The molecule has 80 valence electrons. The van der Waals surface area contributed by atoms with Crippen molar-refractivity contribution in [2.24, 2.45) is 0 Å². The molecule has 0 heterocycles. The third-order valence-electron chi connectivity index (χ3n) is 1.67. The van der Waals surface area contributed by atoms with Gasteiger partial charge < -0.3 is 9.47 Å². The first-order valence-electron chi connectivity index (χ1n) is 4.43. The number of hydrogen-bond donors (Lipinski definition) is 0. The topological polar surface area (TPSA) is 52.6 Å². The Morgan fingerprint density at radius 1 is 1.21 bits per heavy atom.